The maximum absolute atomic E-state index is 3.43. The molecule has 0 radical (unpaired) electrons. The molecule has 2 aliphatic heterocycles. The standard InChI is InChI=1S/C17H29N3Si/c1-21(2,3)17-6-4-15(5-7-17)12-19-13-16(14-19)20-10-8-18-9-11-20/h4-7,16,18H,8-14H2,1-3H3. The Bertz CT molecular complexity index is 454. The first-order chi connectivity index (χ1) is 10.0. The predicted molar refractivity (Wildman–Crippen MR) is 92.9 cm³/mol. The van der Waals surface area contributed by atoms with Gasteiger partial charge in [0.15, 0.2) is 0 Å². The lowest BCUT2D eigenvalue weighted by Gasteiger charge is -2.47. The van der Waals surface area contributed by atoms with Crippen molar-refractivity contribution in [2.75, 3.05) is 39.3 Å². The Morgan fingerprint density at radius 3 is 2.24 bits per heavy atom. The lowest BCUT2D eigenvalue weighted by molar-refractivity contribution is 0.0223. The van der Waals surface area contributed by atoms with Crippen LogP contribution in [0.15, 0.2) is 24.3 Å². The lowest BCUT2D eigenvalue weighted by Crippen LogP contribution is -2.62. The summed E-state index contributed by atoms with van der Waals surface area (Å²) in [6, 6.07) is 10.2. The molecule has 2 fully saturated rings. The second-order valence-corrected chi connectivity index (χ2v) is 12.7. The predicted octanol–water partition coefficient (Wildman–Crippen LogP) is 1.32. The molecule has 0 spiro atoms. The number of nitrogens with one attached hydrogen (secondary N) is 1. The van der Waals surface area contributed by atoms with E-state index in [1.807, 2.05) is 0 Å². The summed E-state index contributed by atoms with van der Waals surface area (Å²) >= 11 is 0. The van der Waals surface area contributed by atoms with E-state index in [0.717, 1.165) is 25.7 Å². The fourth-order valence-corrected chi connectivity index (χ4v) is 4.48. The van der Waals surface area contributed by atoms with E-state index in [1.165, 1.54) is 31.7 Å². The number of likely N-dealkylation sites (tertiary alicyclic amines) is 1. The largest absolute Gasteiger partial charge is 0.314 e. The van der Waals surface area contributed by atoms with Gasteiger partial charge in [0, 0.05) is 51.9 Å². The summed E-state index contributed by atoms with van der Waals surface area (Å²) in [7, 11) is -1.15. The minimum Gasteiger partial charge on any atom is -0.314 e. The highest BCUT2D eigenvalue weighted by Gasteiger charge is 2.31. The Morgan fingerprint density at radius 2 is 1.67 bits per heavy atom. The molecule has 0 amide bonds. The molecule has 0 aliphatic carbocycles. The van der Waals surface area contributed by atoms with Crippen LogP contribution in [0.1, 0.15) is 5.56 Å². The van der Waals surface area contributed by atoms with E-state index in [0.29, 0.717) is 0 Å². The van der Waals surface area contributed by atoms with Gasteiger partial charge in [-0.15, -0.1) is 0 Å². The van der Waals surface area contributed by atoms with Crippen molar-refractivity contribution in [3.63, 3.8) is 0 Å². The van der Waals surface area contributed by atoms with Crippen LogP contribution in [0.3, 0.4) is 0 Å². The van der Waals surface area contributed by atoms with Gasteiger partial charge in [0.25, 0.3) is 0 Å². The van der Waals surface area contributed by atoms with Crippen molar-refractivity contribution < 1.29 is 0 Å². The molecule has 4 heteroatoms. The normalized spacial score (nSPS) is 22.2. The second kappa shape index (κ2) is 6.21. The van der Waals surface area contributed by atoms with Gasteiger partial charge in [-0.1, -0.05) is 49.1 Å². The molecule has 0 atom stereocenters. The zero-order chi connectivity index (χ0) is 14.9. The molecule has 0 aromatic heterocycles. The van der Waals surface area contributed by atoms with Crippen molar-refractivity contribution >= 4 is 13.3 Å². The van der Waals surface area contributed by atoms with E-state index >= 15 is 0 Å². The average Bonchev–Trinajstić information content (AvgIpc) is 2.43. The van der Waals surface area contributed by atoms with Crippen LogP contribution in [-0.4, -0.2) is 63.2 Å². The third kappa shape index (κ3) is 3.75. The van der Waals surface area contributed by atoms with Crippen LogP contribution < -0.4 is 10.5 Å². The first kappa shape index (κ1) is 15.2. The smallest absolute Gasteiger partial charge is 0.0775 e. The van der Waals surface area contributed by atoms with Crippen molar-refractivity contribution in [2.24, 2.45) is 0 Å². The number of benzene rings is 1. The molecule has 2 aliphatic rings. The molecule has 2 heterocycles. The summed E-state index contributed by atoms with van der Waals surface area (Å²) in [4.78, 5) is 5.23. The zero-order valence-corrected chi connectivity index (χ0v) is 14.7. The molecular formula is C17H29N3Si. The first-order valence-electron chi connectivity index (χ1n) is 8.29. The molecule has 2 saturated heterocycles. The Kier molecular flexibility index (Phi) is 4.50. The molecule has 3 nitrogen and oxygen atoms in total. The molecule has 1 N–H and O–H groups in total. The third-order valence-corrected chi connectivity index (χ3v) is 6.90. The molecule has 1 aromatic rings. The van der Waals surface area contributed by atoms with Crippen LogP contribution >= 0.6 is 0 Å². The maximum Gasteiger partial charge on any atom is 0.0775 e. The summed E-state index contributed by atoms with van der Waals surface area (Å²) in [6.07, 6.45) is 0. The van der Waals surface area contributed by atoms with E-state index in [-0.39, 0.29) is 0 Å². The van der Waals surface area contributed by atoms with Gasteiger partial charge < -0.3 is 5.32 Å². The molecule has 3 rings (SSSR count). The molecular weight excluding hydrogens is 274 g/mol. The molecule has 116 valence electrons. The van der Waals surface area contributed by atoms with Crippen molar-refractivity contribution in [2.45, 2.75) is 32.2 Å². The Morgan fingerprint density at radius 1 is 1.05 bits per heavy atom. The van der Waals surface area contributed by atoms with Gasteiger partial charge in [0.2, 0.25) is 0 Å². The first-order valence-corrected chi connectivity index (χ1v) is 11.8. The summed E-state index contributed by atoms with van der Waals surface area (Å²) in [5.74, 6) is 0. The summed E-state index contributed by atoms with van der Waals surface area (Å²) in [5, 5.41) is 5.00. The Balaban J connectivity index is 1.48. The van der Waals surface area contributed by atoms with Crippen LogP contribution in [0.5, 0.6) is 0 Å². The number of piperazine rings is 1. The second-order valence-electron chi connectivity index (χ2n) is 7.58. The summed E-state index contributed by atoms with van der Waals surface area (Å²) in [5.41, 5.74) is 1.47. The highest BCUT2D eigenvalue weighted by Crippen LogP contribution is 2.18. The SMILES string of the molecule is C[Si](C)(C)c1ccc(CN2CC(N3CCNCC3)C2)cc1. The van der Waals surface area contributed by atoms with Gasteiger partial charge in [-0.2, -0.15) is 0 Å². The Hall–Kier alpha value is -0.683. The number of rotatable bonds is 4. The van der Waals surface area contributed by atoms with Crippen LogP contribution in [0.25, 0.3) is 0 Å². The van der Waals surface area contributed by atoms with E-state index in [9.17, 15) is 0 Å². The van der Waals surface area contributed by atoms with Gasteiger partial charge in [-0.3, -0.25) is 9.80 Å². The summed E-state index contributed by atoms with van der Waals surface area (Å²) in [6.45, 7) is 15.6. The lowest BCUT2D eigenvalue weighted by atomic mass is 10.0. The maximum atomic E-state index is 3.43. The van der Waals surface area contributed by atoms with Crippen LogP contribution in [-0.2, 0) is 6.54 Å². The van der Waals surface area contributed by atoms with Crippen LogP contribution in [0, 0.1) is 0 Å². The van der Waals surface area contributed by atoms with E-state index in [4.69, 9.17) is 0 Å². The zero-order valence-electron chi connectivity index (χ0n) is 13.7. The third-order valence-electron chi connectivity index (χ3n) is 4.83. The number of hydrogen-bond acceptors (Lipinski definition) is 3. The Labute approximate surface area is 130 Å². The number of nitrogens with zero attached hydrogens (tertiary/aromatic N) is 2. The highest BCUT2D eigenvalue weighted by atomic mass is 28.3. The van der Waals surface area contributed by atoms with Crippen LogP contribution in [0.4, 0.5) is 0 Å². The van der Waals surface area contributed by atoms with E-state index in [2.05, 4.69) is 59.0 Å². The van der Waals surface area contributed by atoms with Crippen LogP contribution in [0.2, 0.25) is 19.6 Å². The fourth-order valence-electron chi connectivity index (χ4n) is 3.32. The number of hydrogen-bond donors (Lipinski definition) is 1. The van der Waals surface area contributed by atoms with Gasteiger partial charge in [-0.25, -0.2) is 0 Å². The molecule has 0 bridgehead atoms. The molecule has 0 saturated carbocycles. The molecule has 1 aromatic carbocycles. The monoisotopic (exact) mass is 303 g/mol. The fraction of sp³-hybridized carbons (Fsp3) is 0.647. The van der Waals surface area contributed by atoms with Gasteiger partial charge in [0.1, 0.15) is 0 Å². The topological polar surface area (TPSA) is 18.5 Å². The van der Waals surface area contributed by atoms with E-state index < -0.39 is 8.07 Å². The van der Waals surface area contributed by atoms with Crippen molar-refractivity contribution in [1.29, 1.82) is 0 Å². The minimum absolute atomic E-state index is 0.799. The van der Waals surface area contributed by atoms with Gasteiger partial charge >= 0.3 is 0 Å². The van der Waals surface area contributed by atoms with Crippen molar-refractivity contribution in [3.8, 4) is 0 Å². The van der Waals surface area contributed by atoms with Crippen molar-refractivity contribution in [3.05, 3.63) is 29.8 Å². The highest BCUT2D eigenvalue weighted by molar-refractivity contribution is 6.88. The minimum atomic E-state index is -1.15. The molecule has 0 unspecified atom stereocenters. The average molecular weight is 304 g/mol. The van der Waals surface area contributed by atoms with Gasteiger partial charge in [-0.05, 0) is 5.56 Å². The summed E-state index contributed by atoms with van der Waals surface area (Å²) < 4.78 is 0. The van der Waals surface area contributed by atoms with E-state index in [1.54, 1.807) is 5.19 Å². The quantitative estimate of drug-likeness (QED) is 0.847. The van der Waals surface area contributed by atoms with Crippen molar-refractivity contribution in [1.82, 2.24) is 15.1 Å². The molecule has 21 heavy (non-hydrogen) atoms. The van der Waals surface area contributed by atoms with Gasteiger partial charge in [0.05, 0.1) is 8.07 Å².